The molecule has 1 heterocycles. The van der Waals surface area contributed by atoms with Crippen LogP contribution in [0, 0.1) is 5.82 Å². The van der Waals surface area contributed by atoms with Crippen molar-refractivity contribution in [2.24, 2.45) is 0 Å². The summed E-state index contributed by atoms with van der Waals surface area (Å²) in [4.78, 5) is 14.1. The number of morpholine rings is 1. The fourth-order valence-electron chi connectivity index (χ4n) is 2.25. The summed E-state index contributed by atoms with van der Waals surface area (Å²) in [5, 5.41) is 0.360. The monoisotopic (exact) mass is 285 g/mol. The Hall–Kier alpha value is -1.13. The minimum Gasteiger partial charge on any atom is -0.375 e. The maximum Gasteiger partial charge on any atom is 0.257 e. The lowest BCUT2D eigenvalue weighted by atomic mass is 10.1. The predicted molar refractivity (Wildman–Crippen MR) is 71.9 cm³/mol. The molecule has 1 aliphatic heterocycles. The third-order valence-electron chi connectivity index (χ3n) is 3.36. The molecule has 0 aromatic heterocycles. The van der Waals surface area contributed by atoms with E-state index < -0.39 is 5.82 Å². The SMILES string of the molecule is CCC1COC(C)CN1C(=O)c1cc(Cl)ccc1F. The number of hydrogen-bond acceptors (Lipinski definition) is 2. The number of hydrogen-bond donors (Lipinski definition) is 0. The maximum atomic E-state index is 13.8. The van der Waals surface area contributed by atoms with Gasteiger partial charge in [0.05, 0.1) is 24.3 Å². The first-order chi connectivity index (χ1) is 9.02. The molecule has 0 radical (unpaired) electrons. The van der Waals surface area contributed by atoms with E-state index in [1.807, 2.05) is 13.8 Å². The summed E-state index contributed by atoms with van der Waals surface area (Å²) in [5.41, 5.74) is 0.0278. The summed E-state index contributed by atoms with van der Waals surface area (Å²) in [7, 11) is 0. The van der Waals surface area contributed by atoms with E-state index in [1.165, 1.54) is 18.2 Å². The van der Waals surface area contributed by atoms with E-state index in [0.717, 1.165) is 6.42 Å². The second kappa shape index (κ2) is 5.88. The zero-order chi connectivity index (χ0) is 14.0. The van der Waals surface area contributed by atoms with Crippen molar-refractivity contribution in [3.05, 3.63) is 34.6 Å². The van der Waals surface area contributed by atoms with Crippen LogP contribution in [-0.2, 0) is 4.74 Å². The van der Waals surface area contributed by atoms with Gasteiger partial charge in [-0.25, -0.2) is 4.39 Å². The minimum atomic E-state index is -0.539. The Morgan fingerprint density at radius 1 is 1.58 bits per heavy atom. The van der Waals surface area contributed by atoms with Crippen molar-refractivity contribution in [1.29, 1.82) is 0 Å². The Bertz CT molecular complexity index is 481. The van der Waals surface area contributed by atoms with Crippen LogP contribution >= 0.6 is 11.6 Å². The van der Waals surface area contributed by atoms with Crippen LogP contribution < -0.4 is 0 Å². The molecule has 1 aromatic carbocycles. The van der Waals surface area contributed by atoms with Crippen molar-refractivity contribution in [2.45, 2.75) is 32.4 Å². The van der Waals surface area contributed by atoms with Gasteiger partial charge in [0.15, 0.2) is 0 Å². The lowest BCUT2D eigenvalue weighted by Gasteiger charge is -2.38. The van der Waals surface area contributed by atoms with Crippen molar-refractivity contribution in [3.8, 4) is 0 Å². The molecule has 19 heavy (non-hydrogen) atoms. The molecule has 104 valence electrons. The summed E-state index contributed by atoms with van der Waals surface area (Å²) >= 11 is 5.84. The molecule has 2 atom stereocenters. The third kappa shape index (κ3) is 3.07. The summed E-state index contributed by atoms with van der Waals surface area (Å²) in [6.07, 6.45) is 0.745. The number of ether oxygens (including phenoxy) is 1. The zero-order valence-electron chi connectivity index (χ0n) is 11.0. The summed E-state index contributed by atoms with van der Waals surface area (Å²) in [6.45, 7) is 4.86. The smallest absolute Gasteiger partial charge is 0.257 e. The Balaban J connectivity index is 2.28. The first-order valence-corrected chi connectivity index (χ1v) is 6.78. The molecule has 1 fully saturated rings. The number of amides is 1. The molecule has 1 amide bonds. The number of nitrogens with zero attached hydrogens (tertiary/aromatic N) is 1. The van der Waals surface area contributed by atoms with Gasteiger partial charge in [-0.1, -0.05) is 18.5 Å². The topological polar surface area (TPSA) is 29.5 Å². The van der Waals surface area contributed by atoms with Crippen molar-refractivity contribution in [2.75, 3.05) is 13.2 Å². The highest BCUT2D eigenvalue weighted by Crippen LogP contribution is 2.21. The molecule has 0 bridgehead atoms. The Morgan fingerprint density at radius 3 is 3.00 bits per heavy atom. The first kappa shape index (κ1) is 14.3. The van der Waals surface area contributed by atoms with Gasteiger partial charge in [0.1, 0.15) is 5.82 Å². The van der Waals surface area contributed by atoms with E-state index in [9.17, 15) is 9.18 Å². The van der Waals surface area contributed by atoms with E-state index in [-0.39, 0.29) is 23.6 Å². The van der Waals surface area contributed by atoms with Crippen molar-refractivity contribution < 1.29 is 13.9 Å². The lowest BCUT2D eigenvalue weighted by molar-refractivity contribution is -0.0445. The van der Waals surface area contributed by atoms with E-state index in [2.05, 4.69) is 0 Å². The van der Waals surface area contributed by atoms with Gasteiger partial charge in [-0.05, 0) is 31.5 Å². The normalized spacial score (nSPS) is 23.5. The highest BCUT2D eigenvalue weighted by molar-refractivity contribution is 6.31. The van der Waals surface area contributed by atoms with Gasteiger partial charge in [0.2, 0.25) is 0 Å². The van der Waals surface area contributed by atoms with Crippen LogP contribution in [0.2, 0.25) is 5.02 Å². The molecule has 0 spiro atoms. The van der Waals surface area contributed by atoms with Crippen molar-refractivity contribution in [1.82, 2.24) is 4.90 Å². The average Bonchev–Trinajstić information content (AvgIpc) is 2.40. The summed E-state index contributed by atoms with van der Waals surface area (Å²) in [5.74, 6) is -0.856. The average molecular weight is 286 g/mol. The molecular formula is C14H17ClFNO2. The standard InChI is InChI=1S/C14H17ClFNO2/c1-3-11-8-19-9(2)7-17(11)14(18)12-6-10(15)4-5-13(12)16/h4-6,9,11H,3,7-8H2,1-2H3. The lowest BCUT2D eigenvalue weighted by Crippen LogP contribution is -2.51. The second-order valence-corrected chi connectivity index (χ2v) is 5.22. The van der Waals surface area contributed by atoms with E-state index in [4.69, 9.17) is 16.3 Å². The van der Waals surface area contributed by atoms with Crippen LogP contribution in [0.25, 0.3) is 0 Å². The molecule has 2 rings (SSSR count). The van der Waals surface area contributed by atoms with Crippen LogP contribution in [0.4, 0.5) is 4.39 Å². The van der Waals surface area contributed by atoms with E-state index >= 15 is 0 Å². The van der Waals surface area contributed by atoms with Crippen LogP contribution in [-0.4, -0.2) is 36.1 Å². The summed E-state index contributed by atoms with van der Waals surface area (Å²) < 4.78 is 19.3. The summed E-state index contributed by atoms with van der Waals surface area (Å²) in [6, 6.07) is 4.03. The minimum absolute atomic E-state index is 0.0120. The Labute approximate surface area is 117 Å². The van der Waals surface area contributed by atoms with Gasteiger partial charge < -0.3 is 9.64 Å². The fourth-order valence-corrected chi connectivity index (χ4v) is 2.42. The van der Waals surface area contributed by atoms with Gasteiger partial charge in [-0.2, -0.15) is 0 Å². The zero-order valence-corrected chi connectivity index (χ0v) is 11.8. The van der Waals surface area contributed by atoms with Gasteiger partial charge in [0.25, 0.3) is 5.91 Å². The van der Waals surface area contributed by atoms with E-state index in [0.29, 0.717) is 18.2 Å². The number of rotatable bonds is 2. The number of halogens is 2. The quantitative estimate of drug-likeness (QED) is 0.835. The van der Waals surface area contributed by atoms with E-state index in [1.54, 1.807) is 4.90 Å². The molecule has 1 aliphatic rings. The van der Waals surface area contributed by atoms with Crippen LogP contribution in [0.15, 0.2) is 18.2 Å². The van der Waals surface area contributed by atoms with Crippen molar-refractivity contribution >= 4 is 17.5 Å². The molecule has 1 aromatic rings. The van der Waals surface area contributed by atoms with Crippen LogP contribution in [0.5, 0.6) is 0 Å². The van der Waals surface area contributed by atoms with Crippen LogP contribution in [0.1, 0.15) is 30.6 Å². The third-order valence-corrected chi connectivity index (χ3v) is 3.59. The highest BCUT2D eigenvalue weighted by Gasteiger charge is 2.31. The molecule has 0 saturated carbocycles. The molecule has 1 saturated heterocycles. The molecule has 0 N–H and O–H groups in total. The predicted octanol–water partition coefficient (Wildman–Crippen LogP) is 3.12. The Morgan fingerprint density at radius 2 is 2.32 bits per heavy atom. The Kier molecular flexibility index (Phi) is 4.42. The fraction of sp³-hybridized carbons (Fsp3) is 0.500. The molecule has 0 aliphatic carbocycles. The van der Waals surface area contributed by atoms with Gasteiger partial charge >= 0.3 is 0 Å². The molecule has 3 nitrogen and oxygen atoms in total. The number of carbonyl (C=O) groups excluding carboxylic acids is 1. The number of benzene rings is 1. The van der Waals surface area contributed by atoms with Crippen molar-refractivity contribution in [3.63, 3.8) is 0 Å². The first-order valence-electron chi connectivity index (χ1n) is 6.40. The van der Waals surface area contributed by atoms with Gasteiger partial charge in [0, 0.05) is 11.6 Å². The highest BCUT2D eigenvalue weighted by atomic mass is 35.5. The van der Waals surface area contributed by atoms with Crippen LogP contribution in [0.3, 0.4) is 0 Å². The molecule has 2 unspecified atom stereocenters. The largest absolute Gasteiger partial charge is 0.375 e. The molecule has 5 heteroatoms. The second-order valence-electron chi connectivity index (χ2n) is 4.79. The number of carbonyl (C=O) groups is 1. The van der Waals surface area contributed by atoms with Gasteiger partial charge in [-0.15, -0.1) is 0 Å². The maximum absolute atomic E-state index is 13.8. The molecular weight excluding hydrogens is 269 g/mol. The van der Waals surface area contributed by atoms with Gasteiger partial charge in [-0.3, -0.25) is 4.79 Å².